The summed E-state index contributed by atoms with van der Waals surface area (Å²) in [6.07, 6.45) is -1.67. The maximum absolute atomic E-state index is 12.3. The Hall–Kier alpha value is -2.31. The number of hydrogen-bond acceptors (Lipinski definition) is 4. The number of halogens is 3. The molecule has 1 N–H and O–H groups in total. The second-order valence-electron chi connectivity index (χ2n) is 3.99. The third-order valence-electron chi connectivity index (χ3n) is 2.56. The van der Waals surface area contributed by atoms with Crippen molar-refractivity contribution in [2.24, 2.45) is 0 Å². The summed E-state index contributed by atoms with van der Waals surface area (Å²) in [4.78, 5) is 7.47. The molecule has 0 aromatic carbocycles. The third kappa shape index (κ3) is 3.59. The van der Waals surface area contributed by atoms with Crippen molar-refractivity contribution in [1.82, 2.24) is 9.97 Å². The molecule has 2 aromatic heterocycles. The van der Waals surface area contributed by atoms with Crippen molar-refractivity contribution < 1.29 is 17.9 Å². The number of methoxy groups -OCH3 is 1. The minimum absolute atomic E-state index is 0.338. The molecule has 2 rings (SSSR count). The van der Waals surface area contributed by atoms with Gasteiger partial charge in [0.15, 0.2) is 0 Å². The highest BCUT2D eigenvalue weighted by Gasteiger charge is 2.31. The predicted octanol–water partition coefficient (Wildman–Crippen LogP) is 3.12. The molecule has 20 heavy (non-hydrogen) atoms. The van der Waals surface area contributed by atoms with E-state index in [-0.39, 0.29) is 0 Å². The Balaban J connectivity index is 1.96. The Morgan fingerprint density at radius 3 is 2.40 bits per heavy atom. The third-order valence-corrected chi connectivity index (χ3v) is 2.56. The van der Waals surface area contributed by atoms with Crippen LogP contribution in [0, 0.1) is 0 Å². The monoisotopic (exact) mass is 283 g/mol. The van der Waals surface area contributed by atoms with Gasteiger partial charge in [-0.15, -0.1) is 0 Å². The molecule has 0 aliphatic carbocycles. The number of hydrogen-bond donors (Lipinski definition) is 1. The van der Waals surface area contributed by atoms with Gasteiger partial charge < -0.3 is 10.1 Å². The van der Waals surface area contributed by atoms with E-state index in [0.29, 0.717) is 23.7 Å². The van der Waals surface area contributed by atoms with Crippen molar-refractivity contribution in [3.63, 3.8) is 0 Å². The van der Waals surface area contributed by atoms with Crippen LogP contribution >= 0.6 is 0 Å². The number of nitrogens with zero attached hydrogens (tertiary/aromatic N) is 2. The second-order valence-corrected chi connectivity index (χ2v) is 3.99. The van der Waals surface area contributed by atoms with E-state index in [0.717, 1.165) is 6.07 Å². The number of alkyl halides is 3. The van der Waals surface area contributed by atoms with Crippen molar-refractivity contribution in [3.05, 3.63) is 47.9 Å². The van der Waals surface area contributed by atoms with Gasteiger partial charge in [-0.3, -0.25) is 4.98 Å². The average Bonchev–Trinajstić information content (AvgIpc) is 2.45. The van der Waals surface area contributed by atoms with E-state index in [1.165, 1.54) is 19.4 Å². The van der Waals surface area contributed by atoms with Crippen LogP contribution in [0.25, 0.3) is 0 Å². The van der Waals surface area contributed by atoms with Gasteiger partial charge in [0.05, 0.1) is 13.3 Å². The number of pyridine rings is 2. The molecular weight excluding hydrogens is 271 g/mol. The molecule has 0 aliphatic rings. The van der Waals surface area contributed by atoms with Gasteiger partial charge in [0.2, 0.25) is 0 Å². The molecule has 0 amide bonds. The van der Waals surface area contributed by atoms with Crippen LogP contribution in [0.4, 0.5) is 19.0 Å². The lowest BCUT2D eigenvalue weighted by molar-refractivity contribution is -0.141. The van der Waals surface area contributed by atoms with Crippen LogP contribution in [0.3, 0.4) is 0 Å². The Morgan fingerprint density at radius 2 is 1.90 bits per heavy atom. The van der Waals surface area contributed by atoms with E-state index in [4.69, 9.17) is 4.74 Å². The molecule has 106 valence electrons. The first-order valence-electron chi connectivity index (χ1n) is 5.75. The first kappa shape index (κ1) is 14.1. The van der Waals surface area contributed by atoms with Crippen molar-refractivity contribution in [2.45, 2.75) is 12.7 Å². The summed E-state index contributed by atoms with van der Waals surface area (Å²) in [5, 5.41) is 2.98. The van der Waals surface area contributed by atoms with Crippen LogP contribution < -0.4 is 10.1 Å². The molecule has 0 atom stereocenters. The van der Waals surface area contributed by atoms with Gasteiger partial charge in [0, 0.05) is 12.7 Å². The molecule has 7 heteroatoms. The van der Waals surface area contributed by atoms with E-state index in [9.17, 15) is 13.2 Å². The van der Waals surface area contributed by atoms with Crippen LogP contribution in [0.2, 0.25) is 0 Å². The summed E-state index contributed by atoms with van der Waals surface area (Å²) < 4.78 is 42.0. The Labute approximate surface area is 113 Å². The summed E-state index contributed by atoms with van der Waals surface area (Å²) in [5.41, 5.74) is -0.264. The molecule has 2 aromatic rings. The van der Waals surface area contributed by atoms with E-state index in [1.807, 2.05) is 0 Å². The van der Waals surface area contributed by atoms with Crippen molar-refractivity contribution in [2.75, 3.05) is 12.4 Å². The fraction of sp³-hybridized carbons (Fsp3) is 0.231. The lowest BCUT2D eigenvalue weighted by Crippen LogP contribution is -2.08. The minimum atomic E-state index is -4.41. The molecule has 2 heterocycles. The summed E-state index contributed by atoms with van der Waals surface area (Å²) in [5.74, 6) is 1.23. The maximum atomic E-state index is 12.3. The smallest absolute Gasteiger partial charge is 0.433 e. The van der Waals surface area contributed by atoms with Crippen LogP contribution in [0.1, 0.15) is 11.3 Å². The number of anilines is 1. The largest absolute Gasteiger partial charge is 0.495 e. The van der Waals surface area contributed by atoms with E-state index >= 15 is 0 Å². The SMILES string of the molecule is COc1ccc(NCc2ccc(C(F)(F)F)nc2)nc1. The molecule has 0 bridgehead atoms. The molecule has 4 nitrogen and oxygen atoms in total. The quantitative estimate of drug-likeness (QED) is 0.936. The lowest BCUT2D eigenvalue weighted by atomic mass is 10.2. The lowest BCUT2D eigenvalue weighted by Gasteiger charge is -2.08. The van der Waals surface area contributed by atoms with Gasteiger partial charge in [0.1, 0.15) is 17.3 Å². The van der Waals surface area contributed by atoms with Gasteiger partial charge in [0.25, 0.3) is 0 Å². The molecule has 0 spiro atoms. The molecule has 0 aliphatic heterocycles. The van der Waals surface area contributed by atoms with Gasteiger partial charge in [-0.2, -0.15) is 13.2 Å². The summed E-state index contributed by atoms with van der Waals surface area (Å²) in [6.45, 7) is 0.338. The highest BCUT2D eigenvalue weighted by Crippen LogP contribution is 2.27. The fourth-order valence-corrected chi connectivity index (χ4v) is 1.49. The van der Waals surface area contributed by atoms with Crippen molar-refractivity contribution in [3.8, 4) is 5.75 Å². The first-order chi connectivity index (χ1) is 9.49. The Kier molecular flexibility index (Phi) is 4.07. The van der Waals surface area contributed by atoms with E-state index in [1.54, 1.807) is 18.3 Å². The summed E-state index contributed by atoms with van der Waals surface area (Å²) >= 11 is 0. The highest BCUT2D eigenvalue weighted by atomic mass is 19.4. The second kappa shape index (κ2) is 5.77. The predicted molar refractivity (Wildman–Crippen MR) is 67.4 cm³/mol. The standard InChI is InChI=1S/C13H12F3N3O/c1-20-10-3-5-12(19-8-10)18-7-9-2-4-11(17-6-9)13(14,15)16/h2-6,8H,7H2,1H3,(H,18,19). The zero-order valence-corrected chi connectivity index (χ0v) is 10.6. The zero-order chi connectivity index (χ0) is 14.6. The Morgan fingerprint density at radius 1 is 1.10 bits per heavy atom. The van der Waals surface area contributed by atoms with E-state index in [2.05, 4.69) is 15.3 Å². The van der Waals surface area contributed by atoms with Crippen molar-refractivity contribution >= 4 is 5.82 Å². The zero-order valence-electron chi connectivity index (χ0n) is 10.6. The molecule has 0 unspecified atom stereocenters. The molecule has 0 saturated carbocycles. The number of nitrogens with one attached hydrogen (secondary N) is 1. The van der Waals surface area contributed by atoms with Crippen molar-refractivity contribution in [1.29, 1.82) is 0 Å². The van der Waals surface area contributed by atoms with Gasteiger partial charge >= 0.3 is 6.18 Å². The van der Waals surface area contributed by atoms with Crippen LogP contribution in [-0.4, -0.2) is 17.1 Å². The minimum Gasteiger partial charge on any atom is -0.495 e. The average molecular weight is 283 g/mol. The topological polar surface area (TPSA) is 47.0 Å². The van der Waals surface area contributed by atoms with Crippen LogP contribution in [-0.2, 0) is 12.7 Å². The molecule has 0 radical (unpaired) electrons. The van der Waals surface area contributed by atoms with Gasteiger partial charge in [-0.05, 0) is 23.8 Å². The summed E-state index contributed by atoms with van der Waals surface area (Å²) in [7, 11) is 1.54. The number of rotatable bonds is 4. The summed E-state index contributed by atoms with van der Waals surface area (Å²) in [6, 6.07) is 5.79. The highest BCUT2D eigenvalue weighted by molar-refractivity contribution is 5.38. The first-order valence-corrected chi connectivity index (χ1v) is 5.75. The van der Waals surface area contributed by atoms with E-state index < -0.39 is 11.9 Å². The fourth-order valence-electron chi connectivity index (χ4n) is 1.49. The van der Waals surface area contributed by atoms with Crippen LogP contribution in [0.5, 0.6) is 5.75 Å². The Bertz CT molecular complexity index is 553. The molecular formula is C13H12F3N3O. The molecule has 0 fully saturated rings. The maximum Gasteiger partial charge on any atom is 0.433 e. The normalized spacial score (nSPS) is 11.2. The number of ether oxygens (including phenoxy) is 1. The van der Waals surface area contributed by atoms with Gasteiger partial charge in [-0.1, -0.05) is 6.07 Å². The number of aromatic nitrogens is 2. The van der Waals surface area contributed by atoms with Gasteiger partial charge in [-0.25, -0.2) is 4.98 Å². The molecule has 0 saturated heterocycles. The van der Waals surface area contributed by atoms with Crippen LogP contribution in [0.15, 0.2) is 36.7 Å².